The Kier molecular flexibility index (Phi) is 7.75. The minimum absolute atomic E-state index is 0.201. The fourth-order valence-electron chi connectivity index (χ4n) is 5.26. The number of nitrogens with one attached hydrogen (secondary N) is 1. The number of rotatable bonds is 5. The molecule has 1 aliphatic carbocycles. The van der Waals surface area contributed by atoms with Crippen molar-refractivity contribution in [2.45, 2.75) is 61.5 Å². The predicted molar refractivity (Wildman–Crippen MR) is 143 cm³/mol. The molecule has 5 rings (SSSR count). The van der Waals surface area contributed by atoms with Crippen LogP contribution in [0.1, 0.15) is 32.1 Å². The van der Waals surface area contributed by atoms with Crippen molar-refractivity contribution in [1.29, 1.82) is 0 Å². The highest BCUT2D eigenvalue weighted by Gasteiger charge is 2.39. The highest BCUT2D eigenvalue weighted by Crippen LogP contribution is 2.48. The zero-order valence-electron chi connectivity index (χ0n) is 21.3. The van der Waals surface area contributed by atoms with Gasteiger partial charge in [0.25, 0.3) is 0 Å². The minimum Gasteiger partial charge on any atom is -0.453 e. The molecular weight excluding hydrogens is 531 g/mol. The Morgan fingerprint density at radius 1 is 0.949 bits per heavy atom. The van der Waals surface area contributed by atoms with Crippen LogP contribution < -0.4 is 19.1 Å². The van der Waals surface area contributed by atoms with Crippen LogP contribution in [0.15, 0.2) is 82.1 Å². The number of aliphatic hydroxyl groups excluding tert-OH is 1. The van der Waals surface area contributed by atoms with Crippen molar-refractivity contribution in [1.82, 2.24) is 4.72 Å². The van der Waals surface area contributed by atoms with Gasteiger partial charge in [-0.05, 0) is 61.4 Å². The fraction of sp³-hybridized carbons (Fsp3) is 0.357. The number of halogens is 3. The monoisotopic (exact) mass is 561 g/mol. The minimum atomic E-state index is -4.83. The van der Waals surface area contributed by atoms with E-state index in [-0.39, 0.29) is 10.9 Å². The average molecular weight is 562 g/mol. The van der Waals surface area contributed by atoms with Crippen LogP contribution in [0, 0.1) is 0 Å². The van der Waals surface area contributed by atoms with E-state index in [0.717, 1.165) is 42.8 Å². The molecular formula is C28H30F3N3O4S. The lowest BCUT2D eigenvalue weighted by Crippen LogP contribution is -2.54. The molecule has 208 valence electrons. The predicted octanol–water partition coefficient (Wildman–Crippen LogP) is 6.55. The van der Waals surface area contributed by atoms with Gasteiger partial charge in [0.15, 0.2) is 11.5 Å². The van der Waals surface area contributed by atoms with Gasteiger partial charge < -0.3 is 19.5 Å². The van der Waals surface area contributed by atoms with Crippen molar-refractivity contribution >= 4 is 21.3 Å². The first-order valence-electron chi connectivity index (χ1n) is 12.8. The molecule has 11 heteroatoms. The number of anilines is 2. The Labute approximate surface area is 225 Å². The summed E-state index contributed by atoms with van der Waals surface area (Å²) in [6, 6.07) is 19.2. The summed E-state index contributed by atoms with van der Waals surface area (Å²) in [5.74, 6) is 0.951. The van der Waals surface area contributed by atoms with Gasteiger partial charge in [-0.25, -0.2) is 13.3 Å². The smallest absolute Gasteiger partial charge is 0.453 e. The summed E-state index contributed by atoms with van der Waals surface area (Å²) in [7, 11) is -1.88. The van der Waals surface area contributed by atoms with E-state index < -0.39 is 34.2 Å². The highest BCUT2D eigenvalue weighted by atomic mass is 32.2. The summed E-state index contributed by atoms with van der Waals surface area (Å²) < 4.78 is 69.0. The van der Waals surface area contributed by atoms with Crippen LogP contribution in [0.2, 0.25) is 0 Å². The largest absolute Gasteiger partial charge is 0.573 e. The second kappa shape index (κ2) is 11.1. The lowest BCUT2D eigenvalue weighted by atomic mass is 9.89. The zero-order chi connectivity index (χ0) is 27.6. The normalized spacial score (nSPS) is 22.8. The van der Waals surface area contributed by atoms with Gasteiger partial charge in [-0.15, -0.1) is 13.2 Å². The van der Waals surface area contributed by atoms with Gasteiger partial charge in [0.2, 0.25) is 0 Å². The van der Waals surface area contributed by atoms with Gasteiger partial charge in [0, 0.05) is 13.1 Å². The van der Waals surface area contributed by atoms with E-state index in [2.05, 4.69) is 18.7 Å². The van der Waals surface area contributed by atoms with Gasteiger partial charge in [0.05, 0.1) is 28.4 Å². The molecule has 0 amide bonds. The van der Waals surface area contributed by atoms with Crippen LogP contribution in [0.4, 0.5) is 24.5 Å². The molecule has 1 heterocycles. The number of ether oxygens (including phenoxy) is 2. The molecule has 39 heavy (non-hydrogen) atoms. The van der Waals surface area contributed by atoms with Gasteiger partial charge in [-0.3, -0.25) is 0 Å². The van der Waals surface area contributed by atoms with Gasteiger partial charge in [0.1, 0.15) is 15.7 Å². The van der Waals surface area contributed by atoms with E-state index in [4.69, 9.17) is 4.74 Å². The van der Waals surface area contributed by atoms with Crippen molar-refractivity contribution in [2.75, 3.05) is 11.9 Å². The third-order valence-corrected chi connectivity index (χ3v) is 9.12. The van der Waals surface area contributed by atoms with E-state index in [1.54, 1.807) is 0 Å². The van der Waals surface area contributed by atoms with E-state index in [1.165, 1.54) is 19.2 Å². The molecule has 2 N–H and O–H groups in total. The molecule has 1 aliphatic heterocycles. The molecule has 0 aromatic heterocycles. The molecule has 3 aromatic carbocycles. The van der Waals surface area contributed by atoms with Crippen LogP contribution in [-0.4, -0.2) is 40.9 Å². The van der Waals surface area contributed by atoms with Crippen LogP contribution in [0.25, 0.3) is 0 Å². The number of nitrogens with zero attached hydrogens (tertiary/aromatic N) is 2. The SMILES string of the molecule is CN=S(=O)(N[C@@H]1CCCCC[C@@H](N2c3ccccc3Oc3ccccc32)[C@H]1O)c1ccc(OC(F)(F)F)cc1. The van der Waals surface area contributed by atoms with Crippen molar-refractivity contribution in [3.63, 3.8) is 0 Å². The quantitative estimate of drug-likeness (QED) is 0.369. The Bertz CT molecular complexity index is 1380. The number of fused-ring (bicyclic) bond motifs is 2. The summed E-state index contributed by atoms with van der Waals surface area (Å²) in [5, 5.41) is 11.9. The second-order valence-corrected chi connectivity index (χ2v) is 11.7. The first kappa shape index (κ1) is 27.3. The highest BCUT2D eigenvalue weighted by molar-refractivity contribution is 7.91. The lowest BCUT2D eigenvalue weighted by molar-refractivity contribution is -0.274. The molecule has 3 aromatic rings. The molecule has 1 unspecified atom stereocenters. The fourth-order valence-corrected chi connectivity index (χ4v) is 6.89. The molecule has 1 saturated carbocycles. The number of benzene rings is 3. The molecule has 2 aliphatic rings. The number of aliphatic hydroxyl groups is 1. The van der Waals surface area contributed by atoms with Gasteiger partial charge in [-0.2, -0.15) is 0 Å². The lowest BCUT2D eigenvalue weighted by Gasteiger charge is -2.43. The zero-order valence-corrected chi connectivity index (χ0v) is 22.1. The van der Waals surface area contributed by atoms with Crippen molar-refractivity contribution in [3.8, 4) is 17.2 Å². The Morgan fingerprint density at radius 3 is 2.13 bits per heavy atom. The summed E-state index contributed by atoms with van der Waals surface area (Å²) in [6.07, 6.45) is -1.88. The van der Waals surface area contributed by atoms with Crippen molar-refractivity contribution < 1.29 is 32.0 Å². The number of hydrogen-bond acceptors (Lipinski definition) is 6. The molecule has 0 radical (unpaired) electrons. The summed E-state index contributed by atoms with van der Waals surface area (Å²) in [6.45, 7) is 0. The first-order valence-corrected chi connectivity index (χ1v) is 14.3. The maximum absolute atomic E-state index is 14.0. The summed E-state index contributed by atoms with van der Waals surface area (Å²) in [4.78, 5) is 2.31. The molecule has 0 spiro atoms. The first-order chi connectivity index (χ1) is 18.7. The standard InChI is InChI=1S/C28H30F3N3O4S/c1-32-39(36,20-17-15-19(16-18-20)38-28(29,30)31)33-21-9-3-2-4-12-24(27(21)35)34-22-10-5-7-13-25(22)37-26-14-8-6-11-23(26)34/h5-8,10-11,13-18,21,24,27,35H,2-4,9,12H2,1H3,(H,32,33,36)/t21-,24-,27+,39?/m1/s1. The molecule has 7 nitrogen and oxygen atoms in total. The van der Waals surface area contributed by atoms with E-state index >= 15 is 0 Å². The Hall–Kier alpha value is -3.28. The van der Waals surface area contributed by atoms with Crippen LogP contribution in [-0.2, 0) is 9.92 Å². The third kappa shape index (κ3) is 5.85. The van der Waals surface area contributed by atoms with Crippen LogP contribution in [0.3, 0.4) is 0 Å². The van der Waals surface area contributed by atoms with Gasteiger partial charge in [-0.1, -0.05) is 43.5 Å². The second-order valence-electron chi connectivity index (χ2n) is 9.56. The maximum atomic E-state index is 14.0. The van der Waals surface area contributed by atoms with E-state index in [1.807, 2.05) is 48.5 Å². The number of hydrogen-bond donors (Lipinski definition) is 2. The molecule has 0 bridgehead atoms. The summed E-state index contributed by atoms with van der Waals surface area (Å²) in [5.41, 5.74) is 1.67. The van der Waals surface area contributed by atoms with Crippen LogP contribution in [0.5, 0.6) is 17.2 Å². The molecule has 0 saturated heterocycles. The maximum Gasteiger partial charge on any atom is 0.573 e. The Balaban J connectivity index is 1.46. The number of para-hydroxylation sites is 4. The average Bonchev–Trinajstić information content (AvgIpc) is 2.91. The van der Waals surface area contributed by atoms with Crippen LogP contribution >= 0.6 is 0 Å². The molecule has 4 atom stereocenters. The topological polar surface area (TPSA) is 83.4 Å². The Morgan fingerprint density at radius 2 is 1.54 bits per heavy atom. The van der Waals surface area contributed by atoms with Crippen molar-refractivity contribution in [3.05, 3.63) is 72.8 Å². The van der Waals surface area contributed by atoms with Crippen molar-refractivity contribution in [2.24, 2.45) is 4.36 Å². The third-order valence-electron chi connectivity index (χ3n) is 7.07. The van der Waals surface area contributed by atoms with E-state index in [9.17, 15) is 22.5 Å². The van der Waals surface area contributed by atoms with E-state index in [0.29, 0.717) is 24.3 Å². The van der Waals surface area contributed by atoms with Gasteiger partial charge >= 0.3 is 6.36 Å². The number of alkyl halides is 3. The summed E-state index contributed by atoms with van der Waals surface area (Å²) >= 11 is 0. The molecule has 1 fully saturated rings.